The lowest BCUT2D eigenvalue weighted by molar-refractivity contribution is -0.0919. The van der Waals surface area contributed by atoms with E-state index in [-0.39, 0.29) is 12.0 Å². The van der Waals surface area contributed by atoms with E-state index in [1.165, 1.54) is 0 Å². The van der Waals surface area contributed by atoms with E-state index in [0.717, 1.165) is 37.4 Å². The fourth-order valence-electron chi connectivity index (χ4n) is 2.39. The summed E-state index contributed by atoms with van der Waals surface area (Å²) in [6.07, 6.45) is 1.65. The molecule has 0 unspecified atom stereocenters. The number of pyridine rings is 1. The Morgan fingerprint density at radius 1 is 1.41 bits per heavy atom. The number of aromatic hydroxyl groups is 1. The molecule has 0 spiro atoms. The summed E-state index contributed by atoms with van der Waals surface area (Å²) in [4.78, 5) is 6.36. The van der Waals surface area contributed by atoms with E-state index in [4.69, 9.17) is 9.47 Å². The van der Waals surface area contributed by atoms with Crippen molar-refractivity contribution in [2.24, 2.45) is 0 Å². The Labute approximate surface area is 100.0 Å². The van der Waals surface area contributed by atoms with Gasteiger partial charge in [-0.2, -0.15) is 0 Å². The van der Waals surface area contributed by atoms with Gasteiger partial charge in [0.05, 0.1) is 25.5 Å². The standard InChI is InChI=1S/C12H16N2O3/c1-8-11(15)10-9(6-13-8)7-17-12(10)14-2-4-16-5-3-14/h6,12,15H,2-5,7H2,1H3/t12-/m1/s1. The SMILES string of the molecule is Cc1ncc2c(c1O)[C@H](N1CCOCC1)OC2. The van der Waals surface area contributed by atoms with Crippen molar-refractivity contribution in [3.63, 3.8) is 0 Å². The summed E-state index contributed by atoms with van der Waals surface area (Å²) in [7, 11) is 0. The van der Waals surface area contributed by atoms with Gasteiger partial charge in [0.15, 0.2) is 0 Å². The number of nitrogens with zero attached hydrogens (tertiary/aromatic N) is 2. The van der Waals surface area contributed by atoms with Gasteiger partial charge in [0.1, 0.15) is 12.0 Å². The molecule has 1 saturated heterocycles. The van der Waals surface area contributed by atoms with Gasteiger partial charge in [-0.25, -0.2) is 0 Å². The molecule has 5 heteroatoms. The zero-order chi connectivity index (χ0) is 11.8. The van der Waals surface area contributed by atoms with Gasteiger partial charge in [-0.05, 0) is 6.92 Å². The number of aryl methyl sites for hydroxylation is 1. The van der Waals surface area contributed by atoms with Crippen molar-refractivity contribution in [1.82, 2.24) is 9.88 Å². The number of fused-ring (bicyclic) bond motifs is 1. The van der Waals surface area contributed by atoms with Crippen LogP contribution in [0.1, 0.15) is 23.0 Å². The van der Waals surface area contributed by atoms with Crippen molar-refractivity contribution in [2.75, 3.05) is 26.3 Å². The van der Waals surface area contributed by atoms with Crippen molar-refractivity contribution in [2.45, 2.75) is 19.8 Å². The molecule has 17 heavy (non-hydrogen) atoms. The molecular weight excluding hydrogens is 220 g/mol. The van der Waals surface area contributed by atoms with Crippen LogP contribution in [0.5, 0.6) is 5.75 Å². The molecule has 3 heterocycles. The molecule has 1 N–H and O–H groups in total. The van der Waals surface area contributed by atoms with E-state index in [1.54, 1.807) is 6.20 Å². The Balaban J connectivity index is 1.94. The Bertz CT molecular complexity index is 430. The number of hydrogen-bond donors (Lipinski definition) is 1. The van der Waals surface area contributed by atoms with Crippen LogP contribution in [0.15, 0.2) is 6.20 Å². The van der Waals surface area contributed by atoms with E-state index in [0.29, 0.717) is 12.3 Å². The number of aromatic nitrogens is 1. The molecular formula is C12H16N2O3. The van der Waals surface area contributed by atoms with Gasteiger partial charge < -0.3 is 14.6 Å². The fourth-order valence-corrected chi connectivity index (χ4v) is 2.39. The van der Waals surface area contributed by atoms with Crippen LogP contribution >= 0.6 is 0 Å². The maximum atomic E-state index is 10.1. The first kappa shape index (κ1) is 11.0. The van der Waals surface area contributed by atoms with Crippen molar-refractivity contribution in [3.05, 3.63) is 23.0 Å². The highest BCUT2D eigenvalue weighted by molar-refractivity contribution is 5.43. The second-order valence-electron chi connectivity index (χ2n) is 4.44. The van der Waals surface area contributed by atoms with Gasteiger partial charge in [0, 0.05) is 30.4 Å². The van der Waals surface area contributed by atoms with E-state index in [9.17, 15) is 5.11 Å². The van der Waals surface area contributed by atoms with Gasteiger partial charge in [0.2, 0.25) is 0 Å². The molecule has 1 atom stereocenters. The largest absolute Gasteiger partial charge is 0.506 e. The van der Waals surface area contributed by atoms with E-state index >= 15 is 0 Å². The average molecular weight is 236 g/mol. The van der Waals surface area contributed by atoms with Crippen LogP contribution in [0.25, 0.3) is 0 Å². The predicted octanol–water partition coefficient (Wildman–Crippen LogP) is 0.957. The van der Waals surface area contributed by atoms with E-state index in [1.807, 2.05) is 6.92 Å². The Morgan fingerprint density at radius 2 is 2.18 bits per heavy atom. The summed E-state index contributed by atoms with van der Waals surface area (Å²) in [5, 5.41) is 10.1. The predicted molar refractivity (Wildman–Crippen MR) is 60.6 cm³/mol. The minimum atomic E-state index is -0.143. The number of morpholine rings is 1. The van der Waals surface area contributed by atoms with Crippen molar-refractivity contribution < 1.29 is 14.6 Å². The number of ether oxygens (including phenoxy) is 2. The maximum Gasteiger partial charge on any atom is 0.144 e. The molecule has 1 aromatic heterocycles. The first-order valence-corrected chi connectivity index (χ1v) is 5.88. The molecule has 0 amide bonds. The van der Waals surface area contributed by atoms with Gasteiger partial charge >= 0.3 is 0 Å². The van der Waals surface area contributed by atoms with Crippen LogP contribution in [-0.4, -0.2) is 41.3 Å². The third-order valence-corrected chi connectivity index (χ3v) is 3.38. The smallest absolute Gasteiger partial charge is 0.144 e. The molecule has 5 nitrogen and oxygen atoms in total. The van der Waals surface area contributed by atoms with Crippen LogP contribution < -0.4 is 0 Å². The molecule has 2 aliphatic heterocycles. The lowest BCUT2D eigenvalue weighted by atomic mass is 10.1. The third kappa shape index (κ3) is 1.80. The second-order valence-corrected chi connectivity index (χ2v) is 4.44. The minimum absolute atomic E-state index is 0.143. The third-order valence-electron chi connectivity index (χ3n) is 3.38. The maximum absolute atomic E-state index is 10.1. The van der Waals surface area contributed by atoms with Crippen LogP contribution in [0, 0.1) is 6.92 Å². The molecule has 0 bridgehead atoms. The Hall–Kier alpha value is -1.17. The molecule has 2 aliphatic rings. The van der Waals surface area contributed by atoms with Crippen molar-refractivity contribution in [1.29, 1.82) is 0 Å². The summed E-state index contributed by atoms with van der Waals surface area (Å²) < 4.78 is 11.1. The lowest BCUT2D eigenvalue weighted by Crippen LogP contribution is -2.39. The first-order valence-electron chi connectivity index (χ1n) is 5.88. The van der Waals surface area contributed by atoms with Crippen LogP contribution in [0.4, 0.5) is 0 Å². The second kappa shape index (κ2) is 4.25. The molecule has 3 rings (SSSR count). The monoisotopic (exact) mass is 236 g/mol. The minimum Gasteiger partial charge on any atom is -0.506 e. The highest BCUT2D eigenvalue weighted by Crippen LogP contribution is 2.39. The van der Waals surface area contributed by atoms with Crippen LogP contribution in [0.2, 0.25) is 0 Å². The Morgan fingerprint density at radius 3 is 2.94 bits per heavy atom. The summed E-state index contributed by atoms with van der Waals surface area (Å²) in [6, 6.07) is 0. The fraction of sp³-hybridized carbons (Fsp3) is 0.583. The summed E-state index contributed by atoms with van der Waals surface area (Å²) in [6.45, 7) is 5.46. The zero-order valence-corrected chi connectivity index (χ0v) is 9.85. The van der Waals surface area contributed by atoms with E-state index in [2.05, 4.69) is 9.88 Å². The van der Waals surface area contributed by atoms with Gasteiger partial charge in [-0.15, -0.1) is 0 Å². The highest BCUT2D eigenvalue weighted by Gasteiger charge is 2.33. The zero-order valence-electron chi connectivity index (χ0n) is 9.85. The lowest BCUT2D eigenvalue weighted by Gasteiger charge is -2.32. The van der Waals surface area contributed by atoms with Crippen LogP contribution in [-0.2, 0) is 16.1 Å². The molecule has 1 aromatic rings. The van der Waals surface area contributed by atoms with Gasteiger partial charge in [-0.3, -0.25) is 9.88 Å². The summed E-state index contributed by atoms with van der Waals surface area (Å²) >= 11 is 0. The molecule has 92 valence electrons. The Kier molecular flexibility index (Phi) is 2.74. The normalized spacial score (nSPS) is 24.9. The summed E-state index contributed by atoms with van der Waals surface area (Å²) in [5.74, 6) is 0.275. The number of hydrogen-bond acceptors (Lipinski definition) is 5. The highest BCUT2D eigenvalue weighted by atomic mass is 16.5. The van der Waals surface area contributed by atoms with Crippen LogP contribution in [0.3, 0.4) is 0 Å². The topological polar surface area (TPSA) is 54.8 Å². The molecule has 0 radical (unpaired) electrons. The molecule has 0 aromatic carbocycles. The van der Waals surface area contributed by atoms with Gasteiger partial charge in [-0.1, -0.05) is 0 Å². The first-order chi connectivity index (χ1) is 8.27. The van der Waals surface area contributed by atoms with E-state index < -0.39 is 0 Å². The van der Waals surface area contributed by atoms with Gasteiger partial charge in [0.25, 0.3) is 0 Å². The molecule has 1 fully saturated rings. The van der Waals surface area contributed by atoms with Crippen molar-refractivity contribution >= 4 is 0 Å². The number of rotatable bonds is 1. The molecule has 0 aliphatic carbocycles. The summed E-state index contributed by atoms with van der Waals surface area (Å²) in [5.41, 5.74) is 2.54. The van der Waals surface area contributed by atoms with Crippen molar-refractivity contribution in [3.8, 4) is 5.75 Å². The molecule has 0 saturated carbocycles. The quantitative estimate of drug-likeness (QED) is 0.787. The average Bonchev–Trinajstić information content (AvgIpc) is 2.79.